The largest absolute Gasteiger partial charge is 0.336 e. The Balaban J connectivity index is 1.55. The molecule has 5 heteroatoms. The lowest BCUT2D eigenvalue weighted by molar-refractivity contribution is 0.271. The third kappa shape index (κ3) is 3.31. The van der Waals surface area contributed by atoms with E-state index in [-0.39, 0.29) is 0 Å². The van der Waals surface area contributed by atoms with Crippen molar-refractivity contribution in [1.29, 1.82) is 5.26 Å². The molecule has 0 unspecified atom stereocenters. The van der Waals surface area contributed by atoms with Crippen molar-refractivity contribution >= 4 is 12.0 Å². The molecule has 3 rings (SSSR count). The number of hydrazone groups is 1. The molecule has 5 nitrogen and oxygen atoms in total. The van der Waals surface area contributed by atoms with Gasteiger partial charge in [0.2, 0.25) is 0 Å². The van der Waals surface area contributed by atoms with Gasteiger partial charge < -0.3 is 4.90 Å². The summed E-state index contributed by atoms with van der Waals surface area (Å²) in [4.78, 5) is 2.12. The first-order chi connectivity index (χ1) is 10.3. The maximum atomic E-state index is 8.78. The number of benzene rings is 2. The Kier molecular flexibility index (Phi) is 3.70. The van der Waals surface area contributed by atoms with Crippen molar-refractivity contribution in [3.8, 4) is 6.07 Å². The molecule has 1 heterocycles. The van der Waals surface area contributed by atoms with Crippen molar-refractivity contribution in [3.63, 3.8) is 0 Å². The van der Waals surface area contributed by atoms with Gasteiger partial charge in [0.05, 0.1) is 17.3 Å². The number of hydrazine groups is 1. The van der Waals surface area contributed by atoms with Gasteiger partial charge in [-0.3, -0.25) is 5.43 Å². The zero-order chi connectivity index (χ0) is 14.5. The summed E-state index contributed by atoms with van der Waals surface area (Å²) < 4.78 is 0. The first-order valence-corrected chi connectivity index (χ1v) is 6.70. The molecular formula is C16H15N5. The fourth-order valence-electron chi connectivity index (χ4n) is 2.12. The van der Waals surface area contributed by atoms with Crippen LogP contribution >= 0.6 is 0 Å². The van der Waals surface area contributed by atoms with Gasteiger partial charge in [-0.15, -0.1) is 5.10 Å². The molecule has 2 aromatic rings. The van der Waals surface area contributed by atoms with Crippen LogP contribution < -0.4 is 5.43 Å². The molecule has 2 aromatic carbocycles. The van der Waals surface area contributed by atoms with Crippen LogP contribution in [0.4, 0.5) is 5.69 Å². The van der Waals surface area contributed by atoms with Crippen LogP contribution in [0, 0.1) is 11.3 Å². The van der Waals surface area contributed by atoms with E-state index in [0.29, 0.717) is 12.2 Å². The number of rotatable bonds is 4. The summed E-state index contributed by atoms with van der Waals surface area (Å²) in [6.45, 7) is 1.50. The number of hydrogen-bond donors (Lipinski definition) is 1. The molecule has 0 aliphatic carbocycles. The van der Waals surface area contributed by atoms with Crippen molar-refractivity contribution in [2.75, 3.05) is 12.1 Å². The first kappa shape index (κ1) is 13.0. The van der Waals surface area contributed by atoms with E-state index in [1.807, 2.05) is 36.7 Å². The zero-order valence-electron chi connectivity index (χ0n) is 11.5. The van der Waals surface area contributed by atoms with E-state index in [1.54, 1.807) is 17.3 Å². The fraction of sp³-hybridized carbons (Fsp3) is 0.125. The molecule has 0 atom stereocenters. The Labute approximate surface area is 123 Å². The lowest BCUT2D eigenvalue weighted by Crippen LogP contribution is -2.30. The van der Waals surface area contributed by atoms with Gasteiger partial charge in [0.15, 0.2) is 0 Å². The number of anilines is 1. The minimum absolute atomic E-state index is 0.649. The molecule has 0 saturated carbocycles. The SMILES string of the molecule is N#Cc1ccc(NN2CN(Cc3ccccc3)C=N2)cc1. The summed E-state index contributed by atoms with van der Waals surface area (Å²) in [5, 5.41) is 14.9. The highest BCUT2D eigenvalue weighted by molar-refractivity contribution is 5.57. The second kappa shape index (κ2) is 5.97. The van der Waals surface area contributed by atoms with Crippen molar-refractivity contribution in [1.82, 2.24) is 10.0 Å². The molecule has 0 saturated heterocycles. The number of nitrogens with one attached hydrogen (secondary N) is 1. The Morgan fingerprint density at radius 2 is 1.86 bits per heavy atom. The zero-order valence-corrected chi connectivity index (χ0v) is 11.5. The van der Waals surface area contributed by atoms with E-state index < -0.39 is 0 Å². The van der Waals surface area contributed by atoms with Gasteiger partial charge >= 0.3 is 0 Å². The normalized spacial score (nSPS) is 13.3. The maximum absolute atomic E-state index is 8.78. The monoisotopic (exact) mass is 277 g/mol. The van der Waals surface area contributed by atoms with Gasteiger partial charge in [-0.05, 0) is 29.8 Å². The van der Waals surface area contributed by atoms with Crippen LogP contribution in [0.3, 0.4) is 0 Å². The third-order valence-corrected chi connectivity index (χ3v) is 3.17. The summed E-state index contributed by atoms with van der Waals surface area (Å²) in [5.41, 5.74) is 6.01. The van der Waals surface area contributed by atoms with Crippen molar-refractivity contribution in [3.05, 3.63) is 65.7 Å². The van der Waals surface area contributed by atoms with Crippen molar-refractivity contribution < 1.29 is 0 Å². The van der Waals surface area contributed by atoms with Crippen LogP contribution in [0.1, 0.15) is 11.1 Å². The average Bonchev–Trinajstić information content (AvgIpc) is 2.96. The molecule has 0 aromatic heterocycles. The molecular weight excluding hydrogens is 262 g/mol. The van der Waals surface area contributed by atoms with Gasteiger partial charge in [0.25, 0.3) is 0 Å². The molecule has 1 aliphatic heterocycles. The van der Waals surface area contributed by atoms with Crippen LogP contribution in [-0.4, -0.2) is 23.0 Å². The second-order valence-corrected chi connectivity index (χ2v) is 4.81. The van der Waals surface area contributed by atoms with E-state index in [4.69, 9.17) is 5.26 Å². The van der Waals surface area contributed by atoms with Crippen LogP contribution in [0.5, 0.6) is 0 Å². The molecule has 0 amide bonds. The number of hydrogen-bond acceptors (Lipinski definition) is 5. The molecule has 0 fully saturated rings. The Bertz CT molecular complexity index is 657. The van der Waals surface area contributed by atoms with Gasteiger partial charge in [-0.25, -0.2) is 0 Å². The van der Waals surface area contributed by atoms with Gasteiger partial charge in [-0.1, -0.05) is 30.3 Å². The predicted molar refractivity (Wildman–Crippen MR) is 82.0 cm³/mol. The highest BCUT2D eigenvalue weighted by atomic mass is 15.8. The summed E-state index contributed by atoms with van der Waals surface area (Å²) in [5.74, 6) is 0. The quantitative estimate of drug-likeness (QED) is 0.933. The van der Waals surface area contributed by atoms with Crippen molar-refractivity contribution in [2.24, 2.45) is 5.10 Å². The molecule has 104 valence electrons. The average molecular weight is 277 g/mol. The van der Waals surface area contributed by atoms with E-state index in [2.05, 4.69) is 33.6 Å². The lowest BCUT2D eigenvalue weighted by atomic mass is 10.2. The van der Waals surface area contributed by atoms with E-state index in [1.165, 1.54) is 5.56 Å². The van der Waals surface area contributed by atoms with Crippen LogP contribution in [0.25, 0.3) is 0 Å². The summed E-state index contributed by atoms with van der Waals surface area (Å²) in [6, 6.07) is 19.7. The van der Waals surface area contributed by atoms with Gasteiger partial charge in [-0.2, -0.15) is 10.4 Å². The number of nitrogens with zero attached hydrogens (tertiary/aromatic N) is 4. The Morgan fingerprint density at radius 3 is 2.57 bits per heavy atom. The second-order valence-electron chi connectivity index (χ2n) is 4.81. The Morgan fingerprint density at radius 1 is 1.10 bits per heavy atom. The molecule has 0 radical (unpaired) electrons. The molecule has 21 heavy (non-hydrogen) atoms. The van der Waals surface area contributed by atoms with Crippen molar-refractivity contribution in [2.45, 2.75) is 6.54 Å². The van der Waals surface area contributed by atoms with E-state index in [9.17, 15) is 0 Å². The van der Waals surface area contributed by atoms with E-state index in [0.717, 1.165) is 12.2 Å². The fourth-order valence-corrected chi connectivity index (χ4v) is 2.12. The molecule has 0 spiro atoms. The highest BCUT2D eigenvalue weighted by Gasteiger charge is 2.13. The minimum Gasteiger partial charge on any atom is -0.336 e. The first-order valence-electron chi connectivity index (χ1n) is 6.70. The molecule has 1 N–H and O–H groups in total. The highest BCUT2D eigenvalue weighted by Crippen LogP contribution is 2.13. The standard InChI is InChI=1S/C16H15N5/c17-10-14-6-8-16(9-7-14)19-21-13-20(12-18-21)11-15-4-2-1-3-5-15/h1-9,12,19H,11,13H2. The smallest absolute Gasteiger partial charge is 0.130 e. The number of nitriles is 1. The summed E-state index contributed by atoms with van der Waals surface area (Å²) in [6.07, 6.45) is 1.82. The van der Waals surface area contributed by atoms with Gasteiger partial charge in [0.1, 0.15) is 13.0 Å². The topological polar surface area (TPSA) is 54.7 Å². The van der Waals surface area contributed by atoms with Crippen LogP contribution in [-0.2, 0) is 6.54 Å². The predicted octanol–water partition coefficient (Wildman–Crippen LogP) is 2.60. The molecule has 0 bridgehead atoms. The maximum Gasteiger partial charge on any atom is 0.130 e. The summed E-state index contributed by atoms with van der Waals surface area (Å²) >= 11 is 0. The van der Waals surface area contributed by atoms with Crippen LogP contribution in [0.15, 0.2) is 59.7 Å². The lowest BCUT2D eigenvalue weighted by Gasteiger charge is -2.20. The summed E-state index contributed by atoms with van der Waals surface area (Å²) in [7, 11) is 0. The Hall–Kier alpha value is -3.00. The van der Waals surface area contributed by atoms with Gasteiger partial charge in [0, 0.05) is 6.54 Å². The third-order valence-electron chi connectivity index (χ3n) is 3.17. The molecule has 1 aliphatic rings. The van der Waals surface area contributed by atoms with Crippen LogP contribution in [0.2, 0.25) is 0 Å². The van der Waals surface area contributed by atoms with E-state index >= 15 is 0 Å². The minimum atomic E-state index is 0.649.